The molecule has 3 saturated carbocycles. The number of carbonyl (C=O) groups excluding carboxylic acids is 1. The molecule has 5 aliphatic rings. The smallest absolute Gasteiger partial charge is 0.222 e. The number of nitrogens with zero attached hydrogens (tertiary/aromatic N) is 3. The molecule has 1 N–H and O–H groups in total. The van der Waals surface area contributed by atoms with Crippen molar-refractivity contribution in [3.05, 3.63) is 30.2 Å². The zero-order chi connectivity index (χ0) is 26.5. The third kappa shape index (κ3) is 4.59. The molecule has 1 aromatic heterocycles. The molecular formula is C32H47N3O3. The Morgan fingerprint density at radius 1 is 1.18 bits per heavy atom. The van der Waals surface area contributed by atoms with E-state index in [9.17, 15) is 9.90 Å². The molecule has 9 atom stereocenters. The quantitative estimate of drug-likeness (QED) is 0.478. The lowest BCUT2D eigenvalue weighted by molar-refractivity contribution is -0.131. The van der Waals surface area contributed by atoms with Gasteiger partial charge < -0.3 is 14.7 Å². The van der Waals surface area contributed by atoms with Crippen molar-refractivity contribution >= 4 is 5.91 Å². The number of aliphatic hydroxyl groups is 1. The Labute approximate surface area is 228 Å². The minimum Gasteiger partial charge on any atom is -0.472 e. The highest BCUT2D eigenvalue weighted by atomic mass is 16.5. The first-order valence-electron chi connectivity index (χ1n) is 15.4. The summed E-state index contributed by atoms with van der Waals surface area (Å²) < 4.78 is 5.96. The second kappa shape index (κ2) is 10.2. The van der Waals surface area contributed by atoms with E-state index in [0.717, 1.165) is 62.3 Å². The summed E-state index contributed by atoms with van der Waals surface area (Å²) in [6, 6.07) is 1.78. The van der Waals surface area contributed by atoms with E-state index in [0.29, 0.717) is 35.6 Å². The van der Waals surface area contributed by atoms with Gasteiger partial charge in [0.15, 0.2) is 0 Å². The van der Waals surface area contributed by atoms with Gasteiger partial charge in [-0.2, -0.15) is 0 Å². The van der Waals surface area contributed by atoms with Gasteiger partial charge in [-0.1, -0.05) is 32.4 Å². The van der Waals surface area contributed by atoms with Crippen LogP contribution in [0, 0.1) is 40.4 Å². The van der Waals surface area contributed by atoms with Gasteiger partial charge in [0, 0.05) is 31.6 Å². The van der Waals surface area contributed by atoms with E-state index in [1.807, 2.05) is 4.90 Å². The van der Waals surface area contributed by atoms with Crippen LogP contribution in [0.4, 0.5) is 0 Å². The maximum absolute atomic E-state index is 13.1. The zero-order valence-electron chi connectivity index (χ0n) is 23.6. The molecule has 0 bridgehead atoms. The fourth-order valence-corrected chi connectivity index (χ4v) is 9.90. The maximum atomic E-state index is 13.1. The predicted molar refractivity (Wildman–Crippen MR) is 147 cm³/mol. The predicted octanol–water partition coefficient (Wildman–Crippen LogP) is 5.81. The van der Waals surface area contributed by atoms with E-state index in [4.69, 9.17) is 4.74 Å². The summed E-state index contributed by atoms with van der Waals surface area (Å²) in [6.07, 6.45) is 17.7. The van der Waals surface area contributed by atoms with Crippen molar-refractivity contribution in [3.8, 4) is 5.88 Å². The van der Waals surface area contributed by atoms with E-state index in [2.05, 4.69) is 36.8 Å². The van der Waals surface area contributed by atoms with Crippen LogP contribution in [-0.2, 0) is 4.79 Å². The van der Waals surface area contributed by atoms with Crippen LogP contribution in [-0.4, -0.2) is 51.2 Å². The summed E-state index contributed by atoms with van der Waals surface area (Å²) in [5.41, 5.74) is 2.28. The van der Waals surface area contributed by atoms with E-state index in [1.165, 1.54) is 38.4 Å². The Morgan fingerprint density at radius 2 is 2.05 bits per heavy atom. The van der Waals surface area contributed by atoms with Crippen LogP contribution in [0.1, 0.15) is 91.4 Å². The number of aliphatic hydroxyl groups excluding tert-OH is 1. The molecule has 6 nitrogen and oxygen atoms in total. The van der Waals surface area contributed by atoms with Crippen molar-refractivity contribution in [2.24, 2.45) is 40.4 Å². The van der Waals surface area contributed by atoms with Crippen molar-refractivity contribution in [1.29, 1.82) is 0 Å². The molecular weight excluding hydrogens is 474 g/mol. The number of rotatable bonds is 6. The van der Waals surface area contributed by atoms with E-state index in [-0.39, 0.29) is 18.1 Å². The Bertz CT molecular complexity index is 1050. The molecule has 208 valence electrons. The second-order valence-corrected chi connectivity index (χ2v) is 13.8. The van der Waals surface area contributed by atoms with Gasteiger partial charge in [-0.15, -0.1) is 0 Å². The number of aromatic nitrogens is 2. The van der Waals surface area contributed by atoms with E-state index in [1.54, 1.807) is 17.8 Å². The lowest BCUT2D eigenvalue weighted by Crippen LogP contribution is -2.50. The average Bonchev–Trinajstić information content (AvgIpc) is 3.52. The third-order valence-corrected chi connectivity index (χ3v) is 12.0. The van der Waals surface area contributed by atoms with Gasteiger partial charge in [0.25, 0.3) is 0 Å². The molecule has 6 heteroatoms. The number of ether oxygens (including phenoxy) is 1. The molecule has 2 heterocycles. The number of hydrogen-bond acceptors (Lipinski definition) is 5. The highest BCUT2D eigenvalue weighted by Gasteiger charge is 2.59. The lowest BCUT2D eigenvalue weighted by Gasteiger charge is -2.58. The summed E-state index contributed by atoms with van der Waals surface area (Å²) in [7, 11) is 0. The van der Waals surface area contributed by atoms with E-state index < -0.39 is 0 Å². The number of likely N-dealkylation sites (tertiary alicyclic amines) is 1. The Hall–Kier alpha value is -1.95. The second-order valence-electron chi connectivity index (χ2n) is 13.8. The summed E-state index contributed by atoms with van der Waals surface area (Å²) in [4.78, 5) is 23.2. The Kier molecular flexibility index (Phi) is 7.07. The zero-order valence-corrected chi connectivity index (χ0v) is 23.6. The van der Waals surface area contributed by atoms with Gasteiger partial charge in [0.1, 0.15) is 12.4 Å². The fourth-order valence-electron chi connectivity index (χ4n) is 9.90. The van der Waals surface area contributed by atoms with Gasteiger partial charge in [-0.25, -0.2) is 9.97 Å². The molecule has 6 rings (SSSR count). The summed E-state index contributed by atoms with van der Waals surface area (Å²) >= 11 is 0. The van der Waals surface area contributed by atoms with Crippen LogP contribution in [0.25, 0.3) is 0 Å². The van der Waals surface area contributed by atoms with Crippen LogP contribution in [0.15, 0.2) is 30.2 Å². The van der Waals surface area contributed by atoms with Crippen molar-refractivity contribution in [3.63, 3.8) is 0 Å². The van der Waals surface area contributed by atoms with Crippen molar-refractivity contribution < 1.29 is 14.6 Å². The largest absolute Gasteiger partial charge is 0.472 e. The number of carbonyl (C=O) groups is 1. The van der Waals surface area contributed by atoms with Crippen molar-refractivity contribution in [2.75, 3.05) is 13.1 Å². The standard InChI is InChI=1S/C32H47N3O3/c1-21(4-9-30(37)35-17-13-24(19-35)38-29-12-16-33-20-34-29)26-7-8-27-25-6-5-22-18-23(36)10-14-31(22,2)28(25)11-15-32(26,27)3/h5,12,16,20-21,23-28,36H,4,6-11,13-15,17-19H2,1-3H3/t21?,23-,24-,25-,26+,27-,28-,31-,32+/m0/s1. The molecule has 4 aliphatic carbocycles. The minimum absolute atomic E-state index is 0.0234. The van der Waals surface area contributed by atoms with Crippen LogP contribution < -0.4 is 4.74 Å². The van der Waals surface area contributed by atoms with Gasteiger partial charge in [0.05, 0.1) is 12.6 Å². The number of amides is 1. The minimum atomic E-state index is -0.128. The SMILES string of the molecule is CC(CCC(=O)N1CC[C@H](Oc2ccncn2)C1)[C@H]1CC[C@H]2[C@@H]3CC=C4C[C@@H](O)CC[C@]4(C)[C@H]3CC[C@]12C. The first-order valence-corrected chi connectivity index (χ1v) is 15.4. The number of hydrogen-bond donors (Lipinski definition) is 1. The number of fused-ring (bicyclic) bond motifs is 5. The summed E-state index contributed by atoms with van der Waals surface area (Å²) in [6.45, 7) is 8.98. The van der Waals surface area contributed by atoms with Crippen LogP contribution >= 0.6 is 0 Å². The highest BCUT2D eigenvalue weighted by Crippen LogP contribution is 2.67. The van der Waals surface area contributed by atoms with Gasteiger partial charge >= 0.3 is 0 Å². The van der Waals surface area contributed by atoms with Gasteiger partial charge in [-0.3, -0.25) is 4.79 Å². The summed E-state index contributed by atoms with van der Waals surface area (Å²) in [5, 5.41) is 10.3. The van der Waals surface area contributed by atoms with Crippen LogP contribution in [0.5, 0.6) is 5.88 Å². The van der Waals surface area contributed by atoms with Crippen molar-refractivity contribution in [1.82, 2.24) is 14.9 Å². The maximum Gasteiger partial charge on any atom is 0.222 e. The number of allylic oxidation sites excluding steroid dienone is 1. The van der Waals surface area contributed by atoms with Crippen LogP contribution in [0.3, 0.4) is 0 Å². The van der Waals surface area contributed by atoms with E-state index >= 15 is 0 Å². The first-order chi connectivity index (χ1) is 18.3. The molecule has 1 aliphatic heterocycles. The lowest BCUT2D eigenvalue weighted by atomic mass is 9.47. The fraction of sp³-hybridized carbons (Fsp3) is 0.781. The Morgan fingerprint density at radius 3 is 2.87 bits per heavy atom. The molecule has 38 heavy (non-hydrogen) atoms. The summed E-state index contributed by atoms with van der Waals surface area (Å²) in [5.74, 6) is 4.57. The molecule has 4 fully saturated rings. The topological polar surface area (TPSA) is 75.6 Å². The van der Waals surface area contributed by atoms with Crippen molar-refractivity contribution in [2.45, 2.75) is 104 Å². The molecule has 0 spiro atoms. The van der Waals surface area contributed by atoms with Crippen LogP contribution in [0.2, 0.25) is 0 Å². The van der Waals surface area contributed by atoms with Gasteiger partial charge in [-0.05, 0) is 98.2 Å². The molecule has 0 aromatic carbocycles. The highest BCUT2D eigenvalue weighted by molar-refractivity contribution is 5.76. The monoisotopic (exact) mass is 521 g/mol. The molecule has 0 radical (unpaired) electrons. The normalized spacial score (nSPS) is 41.1. The molecule has 1 aromatic rings. The third-order valence-electron chi connectivity index (χ3n) is 12.0. The molecule has 1 unspecified atom stereocenters. The van der Waals surface area contributed by atoms with Gasteiger partial charge in [0.2, 0.25) is 11.8 Å². The average molecular weight is 522 g/mol. The molecule has 1 amide bonds. The Balaban J connectivity index is 1.04. The molecule has 1 saturated heterocycles. The first kappa shape index (κ1) is 26.3.